The fourth-order valence-electron chi connectivity index (χ4n) is 1.04. The second-order valence-electron chi connectivity index (χ2n) is 4.30. The number of hydrogen-bond donors (Lipinski definition) is 2. The topological polar surface area (TPSA) is 73.1 Å². The normalized spacial score (nSPS) is 16.6. The molecule has 2 N–H and O–H groups in total. The van der Waals surface area contributed by atoms with Crippen molar-refractivity contribution in [3.63, 3.8) is 0 Å². The summed E-state index contributed by atoms with van der Waals surface area (Å²) < 4.78 is 0. The van der Waals surface area contributed by atoms with Crippen molar-refractivity contribution in [1.29, 1.82) is 5.26 Å². The molecule has 0 saturated heterocycles. The molecule has 0 aromatic heterocycles. The molecule has 15 heavy (non-hydrogen) atoms. The molecule has 2 atom stereocenters. The van der Waals surface area contributed by atoms with Crippen molar-refractivity contribution < 1.29 is 9.90 Å². The molecule has 0 aromatic rings. The van der Waals surface area contributed by atoms with Crippen LogP contribution in [-0.4, -0.2) is 23.7 Å². The van der Waals surface area contributed by atoms with E-state index >= 15 is 0 Å². The third-order valence-electron chi connectivity index (χ3n) is 2.77. The highest BCUT2D eigenvalue weighted by Gasteiger charge is 2.32. The fourth-order valence-corrected chi connectivity index (χ4v) is 1.04. The second kappa shape index (κ2) is 5.72. The molecule has 0 aliphatic rings. The maximum Gasteiger partial charge on any atom is 0.240 e. The number of carbonyl (C=O) groups is 1. The Labute approximate surface area is 91.3 Å². The van der Waals surface area contributed by atoms with Gasteiger partial charge in [-0.25, -0.2) is 0 Å². The lowest BCUT2D eigenvalue weighted by molar-refractivity contribution is -0.129. The summed E-state index contributed by atoms with van der Waals surface area (Å²) in [7, 11) is 0. The summed E-state index contributed by atoms with van der Waals surface area (Å²) in [5.41, 5.74) is -0.998. The largest absolute Gasteiger partial charge is 0.394 e. The van der Waals surface area contributed by atoms with Gasteiger partial charge in [0.1, 0.15) is 5.41 Å². The average molecular weight is 212 g/mol. The Morgan fingerprint density at radius 3 is 2.40 bits per heavy atom. The molecule has 4 heteroatoms. The summed E-state index contributed by atoms with van der Waals surface area (Å²) in [6.07, 6.45) is 0.464. The average Bonchev–Trinajstić information content (AvgIpc) is 2.23. The van der Waals surface area contributed by atoms with Gasteiger partial charge in [0.25, 0.3) is 0 Å². The lowest BCUT2D eigenvalue weighted by Crippen LogP contribution is -2.47. The Hall–Kier alpha value is -1.08. The van der Waals surface area contributed by atoms with Gasteiger partial charge in [0.05, 0.1) is 18.7 Å². The van der Waals surface area contributed by atoms with Crippen molar-refractivity contribution in [2.45, 2.75) is 40.2 Å². The maximum absolute atomic E-state index is 11.8. The first-order valence-electron chi connectivity index (χ1n) is 5.24. The van der Waals surface area contributed by atoms with E-state index < -0.39 is 5.41 Å². The van der Waals surface area contributed by atoms with Crippen molar-refractivity contribution in [3.05, 3.63) is 0 Å². The Bertz CT molecular complexity index is 258. The molecule has 0 rings (SSSR count). The molecule has 2 unspecified atom stereocenters. The molecule has 0 radical (unpaired) electrons. The monoisotopic (exact) mass is 212 g/mol. The van der Waals surface area contributed by atoms with Gasteiger partial charge in [-0.05, 0) is 19.3 Å². The molecule has 4 nitrogen and oxygen atoms in total. The summed E-state index contributed by atoms with van der Waals surface area (Å²) in [4.78, 5) is 11.8. The number of amides is 1. The van der Waals surface area contributed by atoms with E-state index in [0.29, 0.717) is 6.42 Å². The van der Waals surface area contributed by atoms with Crippen molar-refractivity contribution in [2.75, 3.05) is 6.61 Å². The Morgan fingerprint density at radius 2 is 2.13 bits per heavy atom. The van der Waals surface area contributed by atoms with Crippen LogP contribution in [0.5, 0.6) is 0 Å². The minimum atomic E-state index is -0.998. The van der Waals surface area contributed by atoms with E-state index in [1.807, 2.05) is 19.9 Å². The molecular weight excluding hydrogens is 192 g/mol. The zero-order chi connectivity index (χ0) is 12.1. The van der Waals surface area contributed by atoms with Gasteiger partial charge in [-0.2, -0.15) is 5.26 Å². The smallest absolute Gasteiger partial charge is 0.240 e. The van der Waals surface area contributed by atoms with Crippen LogP contribution >= 0.6 is 0 Å². The molecule has 1 amide bonds. The number of nitrogens with zero attached hydrogens (tertiary/aromatic N) is 1. The van der Waals surface area contributed by atoms with Gasteiger partial charge < -0.3 is 10.4 Å². The first-order valence-corrected chi connectivity index (χ1v) is 5.24. The van der Waals surface area contributed by atoms with Crippen LogP contribution in [0.3, 0.4) is 0 Å². The van der Waals surface area contributed by atoms with Gasteiger partial charge in [0, 0.05) is 0 Å². The van der Waals surface area contributed by atoms with E-state index in [-0.39, 0.29) is 24.5 Å². The molecule has 0 bridgehead atoms. The Morgan fingerprint density at radius 1 is 1.60 bits per heavy atom. The fraction of sp³-hybridized carbons (Fsp3) is 0.818. The molecule has 0 aliphatic heterocycles. The molecule has 0 aromatic carbocycles. The third-order valence-corrected chi connectivity index (χ3v) is 2.77. The van der Waals surface area contributed by atoms with E-state index in [0.717, 1.165) is 0 Å². The molecule has 0 spiro atoms. The molecular formula is C11H20N2O2. The first-order chi connectivity index (χ1) is 6.91. The number of nitrogens with one attached hydrogen (secondary N) is 1. The van der Waals surface area contributed by atoms with Crippen LogP contribution in [0.2, 0.25) is 0 Å². The lowest BCUT2D eigenvalue weighted by atomic mass is 9.87. The van der Waals surface area contributed by atoms with Crippen molar-refractivity contribution in [2.24, 2.45) is 11.3 Å². The highest BCUT2D eigenvalue weighted by Crippen LogP contribution is 2.20. The first kappa shape index (κ1) is 13.9. The summed E-state index contributed by atoms with van der Waals surface area (Å²) in [5, 5.41) is 20.7. The predicted molar refractivity (Wildman–Crippen MR) is 57.9 cm³/mol. The van der Waals surface area contributed by atoms with Crippen LogP contribution in [0.25, 0.3) is 0 Å². The van der Waals surface area contributed by atoms with Crippen LogP contribution in [-0.2, 0) is 4.79 Å². The van der Waals surface area contributed by atoms with Gasteiger partial charge in [-0.15, -0.1) is 0 Å². The van der Waals surface area contributed by atoms with E-state index in [1.54, 1.807) is 13.8 Å². The van der Waals surface area contributed by atoms with Crippen LogP contribution in [0.15, 0.2) is 0 Å². The van der Waals surface area contributed by atoms with Gasteiger partial charge in [-0.1, -0.05) is 20.8 Å². The molecule has 86 valence electrons. The van der Waals surface area contributed by atoms with Crippen LogP contribution in [0, 0.1) is 22.7 Å². The molecule has 0 aliphatic carbocycles. The standard InChI is InChI=1S/C11H20N2O2/c1-5-11(4,7-12)10(15)13-9(6-14)8(2)3/h8-9,14H,5-6H2,1-4H3,(H,13,15). The number of aliphatic hydroxyl groups excluding tert-OH is 1. The van der Waals surface area contributed by atoms with Crippen molar-refractivity contribution in [3.8, 4) is 6.07 Å². The summed E-state index contributed by atoms with van der Waals surface area (Å²) in [6.45, 7) is 7.13. The Kier molecular flexibility index (Phi) is 5.31. The highest BCUT2D eigenvalue weighted by molar-refractivity contribution is 5.85. The molecule has 0 heterocycles. The summed E-state index contributed by atoms with van der Waals surface area (Å²) in [5.74, 6) is -0.154. The zero-order valence-corrected chi connectivity index (χ0v) is 9.87. The molecule has 0 fully saturated rings. The van der Waals surface area contributed by atoms with Gasteiger partial charge in [-0.3, -0.25) is 4.79 Å². The summed E-state index contributed by atoms with van der Waals surface area (Å²) in [6, 6.07) is 1.72. The highest BCUT2D eigenvalue weighted by atomic mass is 16.3. The van der Waals surface area contributed by atoms with Gasteiger partial charge in [0.2, 0.25) is 5.91 Å². The van der Waals surface area contributed by atoms with Crippen LogP contribution in [0.4, 0.5) is 0 Å². The van der Waals surface area contributed by atoms with Gasteiger partial charge >= 0.3 is 0 Å². The number of nitriles is 1. The lowest BCUT2D eigenvalue weighted by Gasteiger charge is -2.25. The number of carbonyl (C=O) groups excluding carboxylic acids is 1. The van der Waals surface area contributed by atoms with E-state index in [9.17, 15) is 4.79 Å². The van der Waals surface area contributed by atoms with E-state index in [4.69, 9.17) is 10.4 Å². The van der Waals surface area contributed by atoms with Crippen molar-refractivity contribution in [1.82, 2.24) is 5.32 Å². The van der Waals surface area contributed by atoms with E-state index in [2.05, 4.69) is 5.32 Å². The van der Waals surface area contributed by atoms with Gasteiger partial charge in [0.15, 0.2) is 0 Å². The van der Waals surface area contributed by atoms with E-state index in [1.165, 1.54) is 0 Å². The second-order valence-corrected chi connectivity index (χ2v) is 4.30. The van der Waals surface area contributed by atoms with Crippen LogP contribution in [0.1, 0.15) is 34.1 Å². The number of hydrogen-bond acceptors (Lipinski definition) is 3. The number of aliphatic hydroxyl groups is 1. The Balaban J connectivity index is 4.54. The minimum Gasteiger partial charge on any atom is -0.394 e. The minimum absolute atomic E-state index is 0.103. The van der Waals surface area contributed by atoms with Crippen LogP contribution < -0.4 is 5.32 Å². The van der Waals surface area contributed by atoms with Crippen molar-refractivity contribution >= 4 is 5.91 Å². The summed E-state index contributed by atoms with van der Waals surface area (Å²) >= 11 is 0. The predicted octanol–water partition coefficient (Wildman–Crippen LogP) is 1.06. The maximum atomic E-state index is 11.8. The number of rotatable bonds is 5. The quantitative estimate of drug-likeness (QED) is 0.715. The third kappa shape index (κ3) is 3.52. The molecule has 0 saturated carbocycles. The SMILES string of the molecule is CCC(C)(C#N)C(=O)NC(CO)C(C)C. The zero-order valence-electron chi connectivity index (χ0n) is 9.87.